The fourth-order valence-corrected chi connectivity index (χ4v) is 3.03. The van der Waals surface area contributed by atoms with E-state index < -0.39 is 0 Å². The predicted molar refractivity (Wildman–Crippen MR) is 77.8 cm³/mol. The fraction of sp³-hybridized carbons (Fsp3) is 0.600. The minimum atomic E-state index is 0.710. The molecular weight excluding hydrogens is 244 g/mol. The Morgan fingerprint density at radius 3 is 3.00 bits per heavy atom. The molecule has 0 saturated carbocycles. The highest BCUT2D eigenvalue weighted by molar-refractivity contribution is 6.30. The van der Waals surface area contributed by atoms with Crippen LogP contribution in [-0.2, 0) is 6.54 Å². The molecule has 2 N–H and O–H groups in total. The Morgan fingerprint density at radius 1 is 1.33 bits per heavy atom. The Labute approximate surface area is 115 Å². The lowest BCUT2D eigenvalue weighted by Gasteiger charge is -2.36. The molecule has 2 rings (SSSR count). The van der Waals surface area contributed by atoms with Gasteiger partial charge in [-0.3, -0.25) is 4.90 Å². The first-order chi connectivity index (χ1) is 8.79. The Kier molecular flexibility index (Phi) is 5.48. The van der Waals surface area contributed by atoms with Gasteiger partial charge in [0.25, 0.3) is 0 Å². The van der Waals surface area contributed by atoms with Gasteiger partial charge in [-0.15, -0.1) is 0 Å². The highest BCUT2D eigenvalue weighted by Gasteiger charge is 2.21. The summed E-state index contributed by atoms with van der Waals surface area (Å²) in [5.74, 6) is 0. The van der Waals surface area contributed by atoms with Crippen LogP contribution in [-0.4, -0.2) is 24.0 Å². The molecule has 0 bridgehead atoms. The molecule has 1 aromatic rings. The number of likely N-dealkylation sites (tertiary alicyclic amines) is 1. The monoisotopic (exact) mass is 266 g/mol. The normalized spacial score (nSPS) is 21.1. The van der Waals surface area contributed by atoms with E-state index >= 15 is 0 Å². The molecule has 0 aliphatic carbocycles. The standard InChI is InChI=1S/C15H23ClN2/c16-14-6-3-5-13(11-14)12-18-10-2-1-7-15(18)8-4-9-17/h3,5-6,11,15H,1-2,4,7-10,12,17H2. The third-order valence-corrected chi connectivity index (χ3v) is 4.00. The van der Waals surface area contributed by atoms with Gasteiger partial charge in [0.2, 0.25) is 0 Å². The molecular formula is C15H23ClN2. The summed E-state index contributed by atoms with van der Waals surface area (Å²) in [5, 5.41) is 0.836. The predicted octanol–water partition coefficient (Wildman–Crippen LogP) is 3.43. The molecule has 18 heavy (non-hydrogen) atoms. The second-order valence-electron chi connectivity index (χ2n) is 5.18. The van der Waals surface area contributed by atoms with Crippen molar-refractivity contribution in [1.82, 2.24) is 4.90 Å². The molecule has 1 unspecified atom stereocenters. The fourth-order valence-electron chi connectivity index (χ4n) is 2.82. The number of rotatable bonds is 5. The molecule has 3 heteroatoms. The summed E-state index contributed by atoms with van der Waals surface area (Å²) in [5.41, 5.74) is 6.95. The van der Waals surface area contributed by atoms with E-state index in [9.17, 15) is 0 Å². The van der Waals surface area contributed by atoms with Crippen molar-refractivity contribution in [3.05, 3.63) is 34.9 Å². The first kappa shape index (κ1) is 13.9. The van der Waals surface area contributed by atoms with Crippen LogP contribution < -0.4 is 5.73 Å². The van der Waals surface area contributed by atoms with Gasteiger partial charge in [0.1, 0.15) is 0 Å². The van der Waals surface area contributed by atoms with Gasteiger partial charge in [0.15, 0.2) is 0 Å². The SMILES string of the molecule is NCCCC1CCCCN1Cc1cccc(Cl)c1. The molecule has 1 saturated heterocycles. The molecule has 1 heterocycles. The molecule has 2 nitrogen and oxygen atoms in total. The van der Waals surface area contributed by atoms with Crippen LogP contribution in [0.1, 0.15) is 37.7 Å². The third-order valence-electron chi connectivity index (χ3n) is 3.77. The van der Waals surface area contributed by atoms with Gasteiger partial charge in [0.05, 0.1) is 0 Å². The van der Waals surface area contributed by atoms with Crippen LogP contribution in [0.2, 0.25) is 5.02 Å². The zero-order valence-electron chi connectivity index (χ0n) is 10.9. The Bertz CT molecular complexity index is 367. The van der Waals surface area contributed by atoms with Crippen LogP contribution in [0.15, 0.2) is 24.3 Å². The number of benzene rings is 1. The van der Waals surface area contributed by atoms with Crippen LogP contribution in [0.3, 0.4) is 0 Å². The van der Waals surface area contributed by atoms with Crippen molar-refractivity contribution >= 4 is 11.6 Å². The van der Waals surface area contributed by atoms with Gasteiger partial charge in [-0.25, -0.2) is 0 Å². The average Bonchev–Trinajstić information content (AvgIpc) is 2.38. The lowest BCUT2D eigenvalue weighted by Crippen LogP contribution is -2.39. The van der Waals surface area contributed by atoms with E-state index in [1.165, 1.54) is 37.8 Å². The maximum Gasteiger partial charge on any atom is 0.0409 e. The van der Waals surface area contributed by atoms with E-state index in [1.807, 2.05) is 12.1 Å². The van der Waals surface area contributed by atoms with E-state index in [0.717, 1.165) is 24.5 Å². The zero-order chi connectivity index (χ0) is 12.8. The topological polar surface area (TPSA) is 29.3 Å². The molecule has 100 valence electrons. The van der Waals surface area contributed by atoms with Crippen LogP contribution in [0.5, 0.6) is 0 Å². The Balaban J connectivity index is 1.96. The van der Waals surface area contributed by atoms with Crippen LogP contribution in [0, 0.1) is 0 Å². The lowest BCUT2D eigenvalue weighted by atomic mass is 9.97. The van der Waals surface area contributed by atoms with Crippen molar-refractivity contribution in [2.24, 2.45) is 5.73 Å². The van der Waals surface area contributed by atoms with E-state index in [1.54, 1.807) is 0 Å². The molecule has 1 aliphatic rings. The molecule has 0 amide bonds. The molecule has 1 aromatic carbocycles. The van der Waals surface area contributed by atoms with Gasteiger partial charge in [-0.2, -0.15) is 0 Å². The molecule has 0 aromatic heterocycles. The van der Waals surface area contributed by atoms with E-state index in [2.05, 4.69) is 17.0 Å². The summed E-state index contributed by atoms with van der Waals surface area (Å²) in [6.45, 7) is 3.04. The minimum absolute atomic E-state index is 0.710. The van der Waals surface area contributed by atoms with Gasteiger partial charge >= 0.3 is 0 Å². The molecule has 0 spiro atoms. The van der Waals surface area contributed by atoms with E-state index in [-0.39, 0.29) is 0 Å². The average molecular weight is 267 g/mol. The largest absolute Gasteiger partial charge is 0.330 e. The summed E-state index contributed by atoms with van der Waals surface area (Å²) in [6, 6.07) is 8.93. The van der Waals surface area contributed by atoms with Gasteiger partial charge < -0.3 is 5.73 Å². The zero-order valence-corrected chi connectivity index (χ0v) is 11.7. The minimum Gasteiger partial charge on any atom is -0.330 e. The summed E-state index contributed by atoms with van der Waals surface area (Å²) < 4.78 is 0. The van der Waals surface area contributed by atoms with Crippen LogP contribution >= 0.6 is 11.6 Å². The maximum atomic E-state index is 6.05. The number of nitrogens with zero attached hydrogens (tertiary/aromatic N) is 1. The van der Waals surface area contributed by atoms with Crippen molar-refractivity contribution in [2.75, 3.05) is 13.1 Å². The van der Waals surface area contributed by atoms with Crippen molar-refractivity contribution in [1.29, 1.82) is 0 Å². The van der Waals surface area contributed by atoms with Crippen molar-refractivity contribution in [2.45, 2.75) is 44.7 Å². The van der Waals surface area contributed by atoms with Crippen molar-refractivity contribution < 1.29 is 0 Å². The van der Waals surface area contributed by atoms with E-state index in [0.29, 0.717) is 6.04 Å². The summed E-state index contributed by atoms with van der Waals surface area (Å²) in [6.07, 6.45) is 6.37. The maximum absolute atomic E-state index is 6.05. The number of halogens is 1. The molecule has 1 atom stereocenters. The summed E-state index contributed by atoms with van der Waals surface area (Å²) in [7, 11) is 0. The van der Waals surface area contributed by atoms with Gasteiger partial charge in [0, 0.05) is 17.6 Å². The number of hydrogen-bond donors (Lipinski definition) is 1. The number of hydrogen-bond acceptors (Lipinski definition) is 2. The highest BCUT2D eigenvalue weighted by Crippen LogP contribution is 2.23. The number of nitrogens with two attached hydrogens (primary N) is 1. The van der Waals surface area contributed by atoms with Crippen molar-refractivity contribution in [3.8, 4) is 0 Å². The lowest BCUT2D eigenvalue weighted by molar-refractivity contribution is 0.131. The summed E-state index contributed by atoms with van der Waals surface area (Å²) in [4.78, 5) is 2.60. The Hall–Kier alpha value is -0.570. The molecule has 0 radical (unpaired) electrons. The smallest absolute Gasteiger partial charge is 0.0409 e. The van der Waals surface area contributed by atoms with Crippen molar-refractivity contribution in [3.63, 3.8) is 0 Å². The molecule has 1 fully saturated rings. The quantitative estimate of drug-likeness (QED) is 0.885. The second-order valence-corrected chi connectivity index (χ2v) is 5.62. The number of piperidine rings is 1. The highest BCUT2D eigenvalue weighted by atomic mass is 35.5. The van der Waals surface area contributed by atoms with Gasteiger partial charge in [-0.05, 0) is 56.5 Å². The Morgan fingerprint density at radius 2 is 2.22 bits per heavy atom. The first-order valence-corrected chi connectivity index (χ1v) is 7.36. The third kappa shape index (κ3) is 3.98. The van der Waals surface area contributed by atoms with Gasteiger partial charge in [-0.1, -0.05) is 30.2 Å². The summed E-state index contributed by atoms with van der Waals surface area (Å²) >= 11 is 6.05. The molecule has 1 aliphatic heterocycles. The first-order valence-electron chi connectivity index (χ1n) is 6.98. The van der Waals surface area contributed by atoms with Crippen LogP contribution in [0.25, 0.3) is 0 Å². The second kappa shape index (κ2) is 7.13. The van der Waals surface area contributed by atoms with Crippen LogP contribution in [0.4, 0.5) is 0 Å². The van der Waals surface area contributed by atoms with E-state index in [4.69, 9.17) is 17.3 Å².